The molecule has 4 nitrogen and oxygen atoms in total. The maximum Gasteiger partial charge on any atom is 0.407 e. The Labute approximate surface area is 142 Å². The number of pyridine rings is 1. The number of halogens is 1. The number of fused-ring (bicyclic) bond motifs is 1. The van der Waals surface area contributed by atoms with Crippen molar-refractivity contribution in [2.45, 2.75) is 13.2 Å². The van der Waals surface area contributed by atoms with Gasteiger partial charge in [0.1, 0.15) is 6.61 Å². The maximum atomic E-state index is 11.8. The van der Waals surface area contributed by atoms with E-state index in [4.69, 9.17) is 4.74 Å². The van der Waals surface area contributed by atoms with Crippen molar-refractivity contribution in [1.29, 1.82) is 0 Å². The van der Waals surface area contributed by atoms with Gasteiger partial charge >= 0.3 is 6.09 Å². The first kappa shape index (κ1) is 15.5. The molecule has 0 radical (unpaired) electrons. The van der Waals surface area contributed by atoms with Gasteiger partial charge in [0.15, 0.2) is 0 Å². The zero-order valence-corrected chi connectivity index (χ0v) is 13.9. The highest BCUT2D eigenvalue weighted by Gasteiger charge is 2.07. The second-order valence-corrected chi connectivity index (χ2v) is 5.97. The van der Waals surface area contributed by atoms with Gasteiger partial charge in [-0.15, -0.1) is 0 Å². The van der Waals surface area contributed by atoms with Gasteiger partial charge in [0.25, 0.3) is 0 Å². The van der Waals surface area contributed by atoms with Gasteiger partial charge in [-0.25, -0.2) is 4.79 Å². The minimum Gasteiger partial charge on any atom is -0.445 e. The Morgan fingerprint density at radius 2 is 1.96 bits per heavy atom. The third kappa shape index (κ3) is 4.07. The highest BCUT2D eigenvalue weighted by Crippen LogP contribution is 2.22. The first-order valence-corrected chi connectivity index (χ1v) is 7.99. The standard InChI is InChI=1S/C18H15BrN2O2/c19-16-9-14-7-4-8-20-17(14)15(10-16)11-21-18(22)23-12-13-5-2-1-3-6-13/h1-10H,11-12H2,(H,21,22). The normalized spacial score (nSPS) is 10.5. The predicted molar refractivity (Wildman–Crippen MR) is 92.9 cm³/mol. The van der Waals surface area contributed by atoms with Crippen molar-refractivity contribution in [1.82, 2.24) is 10.3 Å². The number of aromatic nitrogens is 1. The molecule has 0 aliphatic carbocycles. The molecule has 0 saturated carbocycles. The fourth-order valence-electron chi connectivity index (χ4n) is 2.30. The molecule has 0 unspecified atom stereocenters. The summed E-state index contributed by atoms with van der Waals surface area (Å²) in [5.41, 5.74) is 2.77. The topological polar surface area (TPSA) is 51.2 Å². The van der Waals surface area contributed by atoms with Crippen LogP contribution in [0.15, 0.2) is 65.3 Å². The molecule has 1 amide bonds. The molecular weight excluding hydrogens is 356 g/mol. The van der Waals surface area contributed by atoms with Gasteiger partial charge in [-0.05, 0) is 29.3 Å². The van der Waals surface area contributed by atoms with Crippen LogP contribution >= 0.6 is 15.9 Å². The molecule has 0 fully saturated rings. The molecule has 1 N–H and O–H groups in total. The lowest BCUT2D eigenvalue weighted by molar-refractivity contribution is 0.139. The Kier molecular flexibility index (Phi) is 4.88. The minimum atomic E-state index is -0.446. The van der Waals surface area contributed by atoms with Crippen molar-refractivity contribution in [2.24, 2.45) is 0 Å². The molecule has 1 heterocycles. The number of amides is 1. The van der Waals surface area contributed by atoms with Crippen molar-refractivity contribution in [3.63, 3.8) is 0 Å². The number of nitrogens with one attached hydrogen (secondary N) is 1. The lowest BCUT2D eigenvalue weighted by Gasteiger charge is -2.09. The Balaban J connectivity index is 1.63. The molecule has 0 spiro atoms. The highest BCUT2D eigenvalue weighted by molar-refractivity contribution is 9.10. The SMILES string of the molecule is O=C(NCc1cc(Br)cc2cccnc12)OCc1ccccc1. The average Bonchev–Trinajstić information content (AvgIpc) is 2.58. The van der Waals surface area contributed by atoms with Crippen LogP contribution in [0.4, 0.5) is 4.79 Å². The van der Waals surface area contributed by atoms with Crippen LogP contribution in [0.25, 0.3) is 10.9 Å². The fourth-order valence-corrected chi connectivity index (χ4v) is 2.83. The van der Waals surface area contributed by atoms with Crippen molar-refractivity contribution < 1.29 is 9.53 Å². The second-order valence-electron chi connectivity index (χ2n) is 5.06. The molecule has 3 aromatic rings. The van der Waals surface area contributed by atoms with Crippen LogP contribution in [-0.2, 0) is 17.9 Å². The van der Waals surface area contributed by atoms with E-state index in [0.717, 1.165) is 26.5 Å². The molecule has 1 aromatic heterocycles. The smallest absolute Gasteiger partial charge is 0.407 e. The fraction of sp³-hybridized carbons (Fsp3) is 0.111. The van der Waals surface area contributed by atoms with Gasteiger partial charge in [0, 0.05) is 22.6 Å². The molecule has 0 aliphatic heterocycles. The number of rotatable bonds is 4. The number of nitrogens with zero attached hydrogens (tertiary/aromatic N) is 1. The van der Waals surface area contributed by atoms with Gasteiger partial charge in [0.05, 0.1) is 5.52 Å². The largest absolute Gasteiger partial charge is 0.445 e. The van der Waals surface area contributed by atoms with Gasteiger partial charge < -0.3 is 10.1 Å². The Morgan fingerprint density at radius 3 is 2.78 bits per heavy atom. The quantitative estimate of drug-likeness (QED) is 0.739. The molecule has 3 rings (SSSR count). The van der Waals surface area contributed by atoms with Crippen molar-refractivity contribution >= 4 is 32.9 Å². The van der Waals surface area contributed by atoms with Crippen LogP contribution in [0.5, 0.6) is 0 Å². The van der Waals surface area contributed by atoms with Gasteiger partial charge in [-0.1, -0.05) is 52.3 Å². The summed E-state index contributed by atoms with van der Waals surface area (Å²) >= 11 is 3.48. The Bertz CT molecular complexity index is 822. The summed E-state index contributed by atoms with van der Waals surface area (Å²) in [6, 6.07) is 17.4. The minimum absolute atomic E-state index is 0.254. The number of ether oxygens (including phenoxy) is 1. The van der Waals surface area contributed by atoms with E-state index in [9.17, 15) is 4.79 Å². The third-order valence-corrected chi connectivity index (χ3v) is 3.84. The van der Waals surface area contributed by atoms with E-state index in [1.165, 1.54) is 0 Å². The van der Waals surface area contributed by atoms with E-state index in [1.54, 1.807) is 6.20 Å². The predicted octanol–water partition coefficient (Wildman–Crippen LogP) is 4.42. The highest BCUT2D eigenvalue weighted by atomic mass is 79.9. The number of hydrogen-bond acceptors (Lipinski definition) is 3. The maximum absolute atomic E-state index is 11.8. The Hall–Kier alpha value is -2.40. The number of hydrogen-bond donors (Lipinski definition) is 1. The molecule has 0 bridgehead atoms. The molecule has 5 heteroatoms. The van der Waals surface area contributed by atoms with E-state index >= 15 is 0 Å². The first-order chi connectivity index (χ1) is 11.2. The molecular formula is C18H15BrN2O2. The van der Waals surface area contributed by atoms with Crippen LogP contribution in [-0.4, -0.2) is 11.1 Å². The number of carbonyl (C=O) groups is 1. The molecule has 23 heavy (non-hydrogen) atoms. The molecule has 0 saturated heterocycles. The summed E-state index contributed by atoms with van der Waals surface area (Å²) in [6.45, 7) is 0.616. The third-order valence-electron chi connectivity index (χ3n) is 3.38. The lowest BCUT2D eigenvalue weighted by atomic mass is 10.1. The first-order valence-electron chi connectivity index (χ1n) is 7.20. The van der Waals surface area contributed by atoms with E-state index in [2.05, 4.69) is 26.2 Å². The summed E-state index contributed by atoms with van der Waals surface area (Å²) < 4.78 is 6.16. The summed E-state index contributed by atoms with van der Waals surface area (Å²) in [5.74, 6) is 0. The van der Waals surface area contributed by atoms with E-state index in [0.29, 0.717) is 6.54 Å². The van der Waals surface area contributed by atoms with Crippen molar-refractivity contribution in [3.05, 3.63) is 76.4 Å². The molecule has 0 atom stereocenters. The zero-order valence-electron chi connectivity index (χ0n) is 12.3. The summed E-state index contributed by atoms with van der Waals surface area (Å²) in [6.07, 6.45) is 1.30. The van der Waals surface area contributed by atoms with Crippen LogP contribution in [0.1, 0.15) is 11.1 Å². The average molecular weight is 371 g/mol. The number of benzene rings is 2. The van der Waals surface area contributed by atoms with Gasteiger partial charge in [0.2, 0.25) is 0 Å². The van der Waals surface area contributed by atoms with Gasteiger partial charge in [-0.2, -0.15) is 0 Å². The van der Waals surface area contributed by atoms with E-state index < -0.39 is 6.09 Å². The summed E-state index contributed by atoms with van der Waals surface area (Å²) in [4.78, 5) is 16.2. The zero-order chi connectivity index (χ0) is 16.1. The van der Waals surface area contributed by atoms with E-state index in [1.807, 2.05) is 54.6 Å². The summed E-state index contributed by atoms with van der Waals surface area (Å²) in [5, 5.41) is 3.79. The lowest BCUT2D eigenvalue weighted by Crippen LogP contribution is -2.23. The van der Waals surface area contributed by atoms with Crippen LogP contribution in [0.2, 0.25) is 0 Å². The van der Waals surface area contributed by atoms with Crippen LogP contribution < -0.4 is 5.32 Å². The molecule has 0 aliphatic rings. The van der Waals surface area contributed by atoms with Crippen LogP contribution in [0, 0.1) is 0 Å². The number of alkyl carbamates (subject to hydrolysis) is 1. The van der Waals surface area contributed by atoms with Crippen LogP contribution in [0.3, 0.4) is 0 Å². The van der Waals surface area contributed by atoms with Crippen molar-refractivity contribution in [3.8, 4) is 0 Å². The molecule has 2 aromatic carbocycles. The second kappa shape index (κ2) is 7.24. The Morgan fingerprint density at radius 1 is 1.13 bits per heavy atom. The summed E-state index contributed by atoms with van der Waals surface area (Å²) in [7, 11) is 0. The number of carbonyl (C=O) groups excluding carboxylic acids is 1. The monoisotopic (exact) mass is 370 g/mol. The molecule has 116 valence electrons. The van der Waals surface area contributed by atoms with E-state index in [-0.39, 0.29) is 6.61 Å². The van der Waals surface area contributed by atoms with Crippen molar-refractivity contribution in [2.75, 3.05) is 0 Å². The van der Waals surface area contributed by atoms with Gasteiger partial charge in [-0.3, -0.25) is 4.98 Å².